The van der Waals surface area contributed by atoms with Gasteiger partial charge in [-0.05, 0) is 86.8 Å². The third kappa shape index (κ3) is 3.40. The third-order valence-electron chi connectivity index (χ3n) is 5.96. The van der Waals surface area contributed by atoms with Crippen LogP contribution in [-0.2, 0) is 4.79 Å². The molecule has 2 nitrogen and oxygen atoms in total. The van der Waals surface area contributed by atoms with Gasteiger partial charge in [-0.3, -0.25) is 0 Å². The van der Waals surface area contributed by atoms with Gasteiger partial charge < -0.3 is 4.79 Å². The van der Waals surface area contributed by atoms with Gasteiger partial charge in [0.25, 0.3) is 0 Å². The summed E-state index contributed by atoms with van der Waals surface area (Å²) in [5.41, 5.74) is 2.16. The Morgan fingerprint density at radius 2 is 1.41 bits per heavy atom. The number of benzene rings is 1. The highest BCUT2D eigenvalue weighted by Crippen LogP contribution is 2.43. The Balaban J connectivity index is 1.52. The monoisotopic (exact) mass is 295 g/mol. The summed E-state index contributed by atoms with van der Waals surface area (Å²) >= 11 is 0. The highest BCUT2D eigenvalue weighted by molar-refractivity contribution is 5.53. The van der Waals surface area contributed by atoms with Crippen LogP contribution in [0.15, 0.2) is 24.3 Å². The fourth-order valence-corrected chi connectivity index (χ4v) is 4.51. The van der Waals surface area contributed by atoms with Gasteiger partial charge in [0.15, 0.2) is 0 Å². The van der Waals surface area contributed by atoms with E-state index in [9.17, 15) is 4.79 Å². The molecule has 0 unspecified atom stereocenters. The van der Waals surface area contributed by atoms with Crippen LogP contribution in [0, 0.1) is 29.1 Å². The standard InChI is InChI=1S/C20H25NO/c21-13-15-1-5-17(6-2-15)19-9-11-20(12-10-19)18-7-3-16(14-22)4-8-18/h1-2,5-6,14,16,18-20H,3-4,7-12H2/t16?,18?,19-,20-. The first kappa shape index (κ1) is 15.3. The number of carbonyl (C=O) groups excluding carboxylic acids is 1. The summed E-state index contributed by atoms with van der Waals surface area (Å²) < 4.78 is 0. The van der Waals surface area contributed by atoms with Crippen LogP contribution in [0.4, 0.5) is 0 Å². The lowest BCUT2D eigenvalue weighted by atomic mass is 9.68. The molecule has 0 amide bonds. The molecule has 2 aliphatic carbocycles. The summed E-state index contributed by atoms with van der Waals surface area (Å²) in [4.78, 5) is 10.9. The molecular weight excluding hydrogens is 270 g/mol. The topological polar surface area (TPSA) is 40.9 Å². The SMILES string of the molecule is N#Cc1ccc([C@H]2CC[C@H](C3CCC(C=O)CC3)CC2)cc1. The summed E-state index contributed by atoms with van der Waals surface area (Å²) in [6.45, 7) is 0. The van der Waals surface area contributed by atoms with Gasteiger partial charge in [0.1, 0.15) is 6.29 Å². The molecule has 0 aromatic heterocycles. The number of rotatable bonds is 3. The van der Waals surface area contributed by atoms with E-state index in [2.05, 4.69) is 18.2 Å². The van der Waals surface area contributed by atoms with Gasteiger partial charge >= 0.3 is 0 Å². The summed E-state index contributed by atoms with van der Waals surface area (Å²) in [7, 11) is 0. The van der Waals surface area contributed by atoms with Crippen LogP contribution in [0.5, 0.6) is 0 Å². The summed E-state index contributed by atoms with van der Waals surface area (Å²) in [6, 6.07) is 10.4. The minimum absolute atomic E-state index is 0.339. The van der Waals surface area contributed by atoms with Gasteiger partial charge in [-0.2, -0.15) is 5.26 Å². The van der Waals surface area contributed by atoms with Gasteiger partial charge in [0, 0.05) is 5.92 Å². The zero-order valence-corrected chi connectivity index (χ0v) is 13.2. The number of aldehydes is 1. The zero-order chi connectivity index (χ0) is 15.4. The van der Waals surface area contributed by atoms with Crippen molar-refractivity contribution in [2.24, 2.45) is 17.8 Å². The van der Waals surface area contributed by atoms with E-state index in [-0.39, 0.29) is 0 Å². The van der Waals surface area contributed by atoms with E-state index in [1.165, 1.54) is 44.1 Å². The zero-order valence-electron chi connectivity index (χ0n) is 13.2. The van der Waals surface area contributed by atoms with Crippen molar-refractivity contribution < 1.29 is 4.79 Å². The third-order valence-corrected chi connectivity index (χ3v) is 5.96. The van der Waals surface area contributed by atoms with Gasteiger partial charge in [-0.1, -0.05) is 12.1 Å². The Kier molecular flexibility index (Phi) is 4.93. The van der Waals surface area contributed by atoms with Crippen molar-refractivity contribution >= 4 is 6.29 Å². The van der Waals surface area contributed by atoms with E-state index in [4.69, 9.17) is 5.26 Å². The van der Waals surface area contributed by atoms with E-state index < -0.39 is 0 Å². The van der Waals surface area contributed by atoms with Crippen molar-refractivity contribution in [3.05, 3.63) is 35.4 Å². The number of nitriles is 1. The molecule has 22 heavy (non-hydrogen) atoms. The van der Waals surface area contributed by atoms with Crippen LogP contribution in [0.1, 0.15) is 68.4 Å². The maximum absolute atomic E-state index is 10.9. The largest absolute Gasteiger partial charge is 0.303 e. The molecule has 2 saturated carbocycles. The molecule has 2 heteroatoms. The molecular formula is C20H25NO. The van der Waals surface area contributed by atoms with Gasteiger partial charge in [0.2, 0.25) is 0 Å². The lowest BCUT2D eigenvalue weighted by Gasteiger charge is -2.37. The van der Waals surface area contributed by atoms with Crippen LogP contribution in [-0.4, -0.2) is 6.29 Å². The van der Waals surface area contributed by atoms with Crippen LogP contribution in [0.3, 0.4) is 0 Å². The second-order valence-corrected chi connectivity index (χ2v) is 7.16. The molecule has 0 spiro atoms. The normalized spacial score (nSPS) is 32.1. The summed E-state index contributed by atoms with van der Waals surface area (Å²) in [5, 5.41) is 8.88. The average molecular weight is 295 g/mol. The van der Waals surface area contributed by atoms with Crippen molar-refractivity contribution in [1.82, 2.24) is 0 Å². The molecule has 2 aliphatic rings. The molecule has 0 N–H and O–H groups in total. The number of carbonyl (C=O) groups is 1. The van der Waals surface area contributed by atoms with E-state index >= 15 is 0 Å². The van der Waals surface area contributed by atoms with Crippen LogP contribution in [0.25, 0.3) is 0 Å². The van der Waals surface area contributed by atoms with Crippen LogP contribution in [0.2, 0.25) is 0 Å². The molecule has 116 valence electrons. The second kappa shape index (κ2) is 7.09. The molecule has 0 saturated heterocycles. The molecule has 0 atom stereocenters. The van der Waals surface area contributed by atoms with Crippen LogP contribution < -0.4 is 0 Å². The highest BCUT2D eigenvalue weighted by atomic mass is 16.1. The first-order valence-corrected chi connectivity index (χ1v) is 8.75. The predicted octanol–water partition coefficient (Wildman–Crippen LogP) is 4.84. The van der Waals surface area contributed by atoms with E-state index in [0.29, 0.717) is 11.8 Å². The predicted molar refractivity (Wildman–Crippen MR) is 87.4 cm³/mol. The maximum Gasteiger partial charge on any atom is 0.123 e. The molecule has 3 rings (SSSR count). The van der Waals surface area contributed by atoms with Crippen molar-refractivity contribution in [3.8, 4) is 6.07 Å². The first-order chi connectivity index (χ1) is 10.8. The molecule has 0 bridgehead atoms. The van der Waals surface area contributed by atoms with E-state index in [1.54, 1.807) is 0 Å². The summed E-state index contributed by atoms with van der Waals surface area (Å²) in [6.07, 6.45) is 11.1. The van der Waals surface area contributed by atoms with Gasteiger partial charge in [-0.15, -0.1) is 0 Å². The lowest BCUT2D eigenvalue weighted by Crippen LogP contribution is -2.25. The molecule has 0 heterocycles. The average Bonchev–Trinajstić information content (AvgIpc) is 2.62. The Bertz CT molecular complexity index is 526. The maximum atomic E-state index is 10.9. The highest BCUT2D eigenvalue weighted by Gasteiger charge is 2.31. The minimum Gasteiger partial charge on any atom is -0.303 e. The minimum atomic E-state index is 0.339. The van der Waals surface area contributed by atoms with Crippen molar-refractivity contribution in [2.45, 2.75) is 57.3 Å². The fraction of sp³-hybridized carbons (Fsp3) is 0.600. The fourth-order valence-electron chi connectivity index (χ4n) is 4.51. The quantitative estimate of drug-likeness (QED) is 0.749. The number of hydrogen-bond donors (Lipinski definition) is 0. The Labute approximate surface area is 133 Å². The van der Waals surface area contributed by atoms with Crippen molar-refractivity contribution in [3.63, 3.8) is 0 Å². The van der Waals surface area contributed by atoms with Gasteiger partial charge in [0.05, 0.1) is 11.6 Å². The smallest absolute Gasteiger partial charge is 0.123 e. The number of nitrogens with zero attached hydrogens (tertiary/aromatic N) is 1. The molecule has 0 aliphatic heterocycles. The number of hydrogen-bond acceptors (Lipinski definition) is 2. The summed E-state index contributed by atoms with van der Waals surface area (Å²) in [5.74, 6) is 2.75. The van der Waals surface area contributed by atoms with Crippen molar-refractivity contribution in [2.75, 3.05) is 0 Å². The molecule has 0 radical (unpaired) electrons. The van der Waals surface area contributed by atoms with E-state index in [1.807, 2.05) is 12.1 Å². The Hall–Kier alpha value is -1.62. The van der Waals surface area contributed by atoms with Crippen LogP contribution >= 0.6 is 0 Å². The molecule has 2 fully saturated rings. The molecule has 1 aromatic carbocycles. The Morgan fingerprint density at radius 1 is 0.864 bits per heavy atom. The first-order valence-electron chi connectivity index (χ1n) is 8.75. The van der Waals surface area contributed by atoms with Crippen molar-refractivity contribution in [1.29, 1.82) is 5.26 Å². The molecule has 1 aromatic rings. The lowest BCUT2D eigenvalue weighted by molar-refractivity contribution is -0.112. The van der Waals surface area contributed by atoms with Gasteiger partial charge in [-0.25, -0.2) is 0 Å². The Morgan fingerprint density at radius 3 is 1.91 bits per heavy atom. The second-order valence-electron chi connectivity index (χ2n) is 7.16. The van der Waals surface area contributed by atoms with E-state index in [0.717, 1.165) is 36.5 Å².